The second-order valence-electron chi connectivity index (χ2n) is 6.87. The van der Waals surface area contributed by atoms with E-state index in [2.05, 4.69) is 28.9 Å². The summed E-state index contributed by atoms with van der Waals surface area (Å²) in [4.78, 5) is 15.1. The predicted molar refractivity (Wildman–Crippen MR) is 111 cm³/mol. The van der Waals surface area contributed by atoms with E-state index in [0.717, 1.165) is 24.6 Å². The van der Waals surface area contributed by atoms with Gasteiger partial charge in [0.15, 0.2) is 0 Å². The first kappa shape index (κ1) is 20.0. The lowest BCUT2D eigenvalue weighted by Gasteiger charge is -2.28. The van der Waals surface area contributed by atoms with Gasteiger partial charge in [0.1, 0.15) is 18.1 Å². The average Bonchev–Trinajstić information content (AvgIpc) is 3.27. The Labute approximate surface area is 167 Å². The Morgan fingerprint density at radius 2 is 1.75 bits per heavy atom. The number of carbonyl (C=O) groups is 1. The molecule has 0 spiro atoms. The van der Waals surface area contributed by atoms with Crippen molar-refractivity contribution < 1.29 is 14.3 Å². The zero-order valence-electron chi connectivity index (χ0n) is 16.4. The molecule has 1 fully saturated rings. The van der Waals surface area contributed by atoms with Gasteiger partial charge >= 0.3 is 0 Å². The van der Waals surface area contributed by atoms with E-state index in [0.29, 0.717) is 18.7 Å². The van der Waals surface area contributed by atoms with Crippen LogP contribution in [0, 0.1) is 0 Å². The maximum absolute atomic E-state index is 12.6. The number of carbonyl (C=O) groups excluding carboxylic acids is 1. The number of methoxy groups -OCH3 is 1. The van der Waals surface area contributed by atoms with Gasteiger partial charge in [0.05, 0.1) is 13.2 Å². The minimum atomic E-state index is -0.0759. The average molecular weight is 380 g/mol. The van der Waals surface area contributed by atoms with Crippen molar-refractivity contribution in [1.29, 1.82) is 0 Å². The zero-order valence-corrected chi connectivity index (χ0v) is 16.4. The number of nitrogens with zero attached hydrogens (tertiary/aromatic N) is 1. The molecule has 0 aromatic heterocycles. The molecule has 148 valence electrons. The Balaban J connectivity index is 1.65. The van der Waals surface area contributed by atoms with Gasteiger partial charge in [0, 0.05) is 12.1 Å². The molecule has 2 aromatic rings. The third kappa shape index (κ3) is 5.14. The molecule has 2 aromatic carbocycles. The SMILES string of the molecule is C=CCOc1ccc(C(=O)NC[C@@H](c2ccc(OC)cc2)N2CCCC2)cc1. The van der Waals surface area contributed by atoms with Crippen LogP contribution in [0.2, 0.25) is 0 Å². The Bertz CT molecular complexity index is 765. The standard InChI is InChI=1S/C23H28N2O3/c1-3-16-28-21-12-8-19(9-13-21)23(26)24-17-22(25-14-4-5-15-25)18-6-10-20(27-2)11-7-18/h3,6-13,22H,1,4-5,14-17H2,2H3,(H,24,26)/t22-/m0/s1. The summed E-state index contributed by atoms with van der Waals surface area (Å²) in [6.45, 7) is 6.76. The van der Waals surface area contributed by atoms with E-state index in [4.69, 9.17) is 9.47 Å². The van der Waals surface area contributed by atoms with Crippen LogP contribution in [0.3, 0.4) is 0 Å². The molecule has 5 nitrogen and oxygen atoms in total. The molecule has 28 heavy (non-hydrogen) atoms. The fraction of sp³-hybridized carbons (Fsp3) is 0.348. The molecule has 1 amide bonds. The quantitative estimate of drug-likeness (QED) is 0.672. The molecule has 1 saturated heterocycles. The molecule has 5 heteroatoms. The van der Waals surface area contributed by atoms with Gasteiger partial charge in [-0.05, 0) is 67.9 Å². The summed E-state index contributed by atoms with van der Waals surface area (Å²) in [6, 6.07) is 15.5. The van der Waals surface area contributed by atoms with Crippen molar-refractivity contribution in [1.82, 2.24) is 10.2 Å². The molecule has 0 saturated carbocycles. The van der Waals surface area contributed by atoms with Crippen LogP contribution >= 0.6 is 0 Å². The van der Waals surface area contributed by atoms with Gasteiger partial charge < -0.3 is 14.8 Å². The van der Waals surface area contributed by atoms with Crippen molar-refractivity contribution >= 4 is 5.91 Å². The first-order valence-corrected chi connectivity index (χ1v) is 9.71. The van der Waals surface area contributed by atoms with E-state index in [-0.39, 0.29) is 11.9 Å². The largest absolute Gasteiger partial charge is 0.497 e. The van der Waals surface area contributed by atoms with E-state index in [1.54, 1.807) is 37.5 Å². The van der Waals surface area contributed by atoms with Gasteiger partial charge in [0.25, 0.3) is 5.91 Å². The third-order valence-electron chi connectivity index (χ3n) is 5.02. The van der Waals surface area contributed by atoms with Crippen LogP contribution < -0.4 is 14.8 Å². The summed E-state index contributed by atoms with van der Waals surface area (Å²) in [5.41, 5.74) is 1.82. The number of hydrogen-bond donors (Lipinski definition) is 1. The smallest absolute Gasteiger partial charge is 0.251 e. The van der Waals surface area contributed by atoms with E-state index in [1.807, 2.05) is 12.1 Å². The van der Waals surface area contributed by atoms with Crippen LogP contribution in [0.15, 0.2) is 61.2 Å². The summed E-state index contributed by atoms with van der Waals surface area (Å²) in [6.07, 6.45) is 4.10. The molecule has 1 aliphatic heterocycles. The van der Waals surface area contributed by atoms with E-state index in [1.165, 1.54) is 18.4 Å². The first-order chi connectivity index (χ1) is 13.7. The second-order valence-corrected chi connectivity index (χ2v) is 6.87. The number of hydrogen-bond acceptors (Lipinski definition) is 4. The van der Waals surface area contributed by atoms with Crippen molar-refractivity contribution in [2.45, 2.75) is 18.9 Å². The highest BCUT2D eigenvalue weighted by Gasteiger charge is 2.24. The lowest BCUT2D eigenvalue weighted by atomic mass is 10.0. The lowest BCUT2D eigenvalue weighted by Crippen LogP contribution is -2.36. The normalized spacial score (nSPS) is 15.0. The van der Waals surface area contributed by atoms with Crippen LogP contribution in [-0.4, -0.2) is 44.2 Å². The fourth-order valence-electron chi connectivity index (χ4n) is 3.49. The van der Waals surface area contributed by atoms with E-state index < -0.39 is 0 Å². The van der Waals surface area contributed by atoms with Crippen molar-refractivity contribution in [3.05, 3.63) is 72.3 Å². The molecule has 0 unspecified atom stereocenters. The van der Waals surface area contributed by atoms with Crippen LogP contribution in [0.25, 0.3) is 0 Å². The fourth-order valence-corrected chi connectivity index (χ4v) is 3.49. The van der Waals surface area contributed by atoms with Gasteiger partial charge in [-0.25, -0.2) is 0 Å². The minimum Gasteiger partial charge on any atom is -0.497 e. The summed E-state index contributed by atoms with van der Waals surface area (Å²) in [7, 11) is 1.67. The lowest BCUT2D eigenvalue weighted by molar-refractivity contribution is 0.0938. The van der Waals surface area contributed by atoms with Crippen LogP contribution in [-0.2, 0) is 0 Å². The summed E-state index contributed by atoms with van der Waals surface area (Å²) >= 11 is 0. The van der Waals surface area contributed by atoms with Crippen molar-refractivity contribution in [3.63, 3.8) is 0 Å². The Morgan fingerprint density at radius 1 is 1.11 bits per heavy atom. The third-order valence-corrected chi connectivity index (χ3v) is 5.02. The summed E-state index contributed by atoms with van der Waals surface area (Å²) < 4.78 is 10.7. The highest BCUT2D eigenvalue weighted by molar-refractivity contribution is 5.94. The molecule has 3 rings (SSSR count). The highest BCUT2D eigenvalue weighted by Crippen LogP contribution is 2.26. The van der Waals surface area contributed by atoms with Gasteiger partial charge in [-0.2, -0.15) is 0 Å². The number of rotatable bonds is 9. The number of ether oxygens (including phenoxy) is 2. The van der Waals surface area contributed by atoms with E-state index in [9.17, 15) is 4.79 Å². The molecule has 0 bridgehead atoms. The first-order valence-electron chi connectivity index (χ1n) is 9.71. The zero-order chi connectivity index (χ0) is 19.8. The Hall–Kier alpha value is -2.79. The Morgan fingerprint density at radius 3 is 2.36 bits per heavy atom. The van der Waals surface area contributed by atoms with Crippen molar-refractivity contribution in [2.75, 3.05) is 33.4 Å². The molecule has 1 N–H and O–H groups in total. The highest BCUT2D eigenvalue weighted by atomic mass is 16.5. The van der Waals surface area contributed by atoms with Gasteiger partial charge in [-0.15, -0.1) is 0 Å². The molecule has 1 aliphatic rings. The molecule has 0 aliphatic carbocycles. The maximum atomic E-state index is 12.6. The summed E-state index contributed by atoms with van der Waals surface area (Å²) in [5.74, 6) is 1.49. The van der Waals surface area contributed by atoms with Crippen LogP contribution in [0.5, 0.6) is 11.5 Å². The number of benzene rings is 2. The molecule has 0 radical (unpaired) electrons. The van der Waals surface area contributed by atoms with E-state index >= 15 is 0 Å². The van der Waals surface area contributed by atoms with Gasteiger partial charge in [-0.3, -0.25) is 9.69 Å². The number of likely N-dealkylation sites (tertiary alicyclic amines) is 1. The monoisotopic (exact) mass is 380 g/mol. The maximum Gasteiger partial charge on any atom is 0.251 e. The van der Waals surface area contributed by atoms with Gasteiger partial charge in [-0.1, -0.05) is 24.8 Å². The second kappa shape index (κ2) is 9.95. The van der Waals surface area contributed by atoms with Gasteiger partial charge in [0.2, 0.25) is 0 Å². The molecular formula is C23H28N2O3. The number of nitrogens with one attached hydrogen (secondary N) is 1. The van der Waals surface area contributed by atoms with Crippen LogP contribution in [0.4, 0.5) is 0 Å². The number of amides is 1. The van der Waals surface area contributed by atoms with Crippen molar-refractivity contribution in [2.24, 2.45) is 0 Å². The summed E-state index contributed by atoms with van der Waals surface area (Å²) in [5, 5.41) is 3.10. The molecule has 1 heterocycles. The minimum absolute atomic E-state index is 0.0759. The van der Waals surface area contributed by atoms with Crippen molar-refractivity contribution in [3.8, 4) is 11.5 Å². The van der Waals surface area contributed by atoms with Crippen LogP contribution in [0.1, 0.15) is 34.8 Å². The topological polar surface area (TPSA) is 50.8 Å². The predicted octanol–water partition coefficient (Wildman–Crippen LogP) is 3.83. The molecular weight excluding hydrogens is 352 g/mol. The molecule has 1 atom stereocenters. The Kier molecular flexibility index (Phi) is 7.09.